The number of amides is 1. The number of aromatic nitrogens is 2. The maximum Gasteiger partial charge on any atom is 0.436 e. The van der Waals surface area contributed by atoms with Gasteiger partial charge in [-0.2, -0.15) is 22.7 Å². The first-order valence-electron chi connectivity index (χ1n) is 8.92. The zero-order valence-electron chi connectivity index (χ0n) is 15.9. The first kappa shape index (κ1) is 21.9. The van der Waals surface area contributed by atoms with Gasteiger partial charge in [0.1, 0.15) is 5.56 Å². The average molecular weight is 401 g/mol. The van der Waals surface area contributed by atoms with Crippen molar-refractivity contribution in [3.05, 3.63) is 47.0 Å². The first-order chi connectivity index (χ1) is 13.0. The second-order valence-corrected chi connectivity index (χ2v) is 6.87. The van der Waals surface area contributed by atoms with E-state index >= 15 is 0 Å². The van der Waals surface area contributed by atoms with Gasteiger partial charge in [0.2, 0.25) is 5.95 Å². The monoisotopic (exact) mass is 401 g/mol. The number of hydrogen-bond donors (Lipinski definition) is 2. The van der Waals surface area contributed by atoms with E-state index in [4.69, 9.17) is 0 Å². The molecule has 0 aliphatic rings. The number of aryl methyl sites for hydroxylation is 1. The number of rotatable bonds is 7. The van der Waals surface area contributed by atoms with E-state index in [0.717, 1.165) is 26.3 Å². The van der Waals surface area contributed by atoms with Gasteiger partial charge in [-0.1, -0.05) is 44.4 Å². The number of nitrogens with one attached hydrogen (secondary N) is 1. The maximum absolute atomic E-state index is 14.1. The Bertz CT molecular complexity index is 844. The fourth-order valence-corrected chi connectivity index (χ4v) is 3.00. The van der Waals surface area contributed by atoms with E-state index in [1.165, 1.54) is 6.07 Å². The molecule has 0 aliphatic carbocycles. The molecule has 0 radical (unpaired) electrons. The van der Waals surface area contributed by atoms with Crippen molar-refractivity contribution in [2.75, 3.05) is 5.32 Å². The molecule has 2 N–H and O–H groups in total. The normalized spacial score (nSPS) is 14.0. The number of benzene rings is 1. The Morgan fingerprint density at radius 3 is 2.50 bits per heavy atom. The summed E-state index contributed by atoms with van der Waals surface area (Å²) in [4.78, 5) is 12.5. The Kier molecular flexibility index (Phi) is 6.48. The number of para-hydroxylation sites is 1. The molecular formula is C19H23F4N3O2. The topological polar surface area (TPSA) is 67.2 Å². The van der Waals surface area contributed by atoms with Crippen LogP contribution < -0.4 is 5.32 Å². The van der Waals surface area contributed by atoms with Gasteiger partial charge in [-0.25, -0.2) is 4.68 Å². The lowest BCUT2D eigenvalue weighted by Crippen LogP contribution is -2.25. The molecule has 28 heavy (non-hydrogen) atoms. The summed E-state index contributed by atoms with van der Waals surface area (Å²) >= 11 is 0. The molecule has 0 aliphatic heterocycles. The van der Waals surface area contributed by atoms with E-state index in [2.05, 4.69) is 10.4 Å². The zero-order chi connectivity index (χ0) is 21.1. The molecule has 1 heterocycles. The number of hydrogen-bond acceptors (Lipinski definition) is 3. The highest BCUT2D eigenvalue weighted by molar-refractivity contribution is 6.05. The molecule has 0 bridgehead atoms. The van der Waals surface area contributed by atoms with Crippen LogP contribution in [0.15, 0.2) is 24.3 Å². The molecule has 2 aromatic rings. The van der Waals surface area contributed by atoms with Crippen LogP contribution in [-0.2, 0) is 18.8 Å². The molecule has 0 saturated heterocycles. The van der Waals surface area contributed by atoms with Gasteiger partial charge in [0.05, 0.1) is 5.60 Å². The third-order valence-electron chi connectivity index (χ3n) is 4.50. The molecule has 2 rings (SSSR count). The Labute approximate surface area is 160 Å². The van der Waals surface area contributed by atoms with Crippen LogP contribution in [0.4, 0.5) is 23.2 Å². The summed E-state index contributed by atoms with van der Waals surface area (Å²) in [6.07, 6.45) is -1.99. The van der Waals surface area contributed by atoms with Crippen LogP contribution in [0.3, 0.4) is 0 Å². The summed E-state index contributed by atoms with van der Waals surface area (Å²) in [7, 11) is 0.980. The Morgan fingerprint density at radius 1 is 1.25 bits per heavy atom. The molecule has 0 spiro atoms. The van der Waals surface area contributed by atoms with Crippen LogP contribution in [0.5, 0.6) is 0 Å². The third kappa shape index (κ3) is 4.70. The Hall–Kier alpha value is -2.42. The molecule has 0 fully saturated rings. The summed E-state index contributed by atoms with van der Waals surface area (Å²) in [5.74, 6) is -2.67. The molecule has 1 aromatic heterocycles. The smallest absolute Gasteiger partial charge is 0.385 e. The van der Waals surface area contributed by atoms with Crippen molar-refractivity contribution in [3.63, 3.8) is 0 Å². The number of alkyl halides is 3. The van der Waals surface area contributed by atoms with Crippen LogP contribution in [0, 0.1) is 5.95 Å². The van der Waals surface area contributed by atoms with E-state index < -0.39 is 34.9 Å². The van der Waals surface area contributed by atoms with Gasteiger partial charge in [-0.3, -0.25) is 4.79 Å². The van der Waals surface area contributed by atoms with Crippen molar-refractivity contribution < 1.29 is 27.5 Å². The van der Waals surface area contributed by atoms with Crippen LogP contribution in [-0.4, -0.2) is 20.8 Å². The molecule has 154 valence electrons. The quantitative estimate of drug-likeness (QED) is 0.526. The van der Waals surface area contributed by atoms with Crippen molar-refractivity contribution in [1.82, 2.24) is 9.78 Å². The highest BCUT2D eigenvalue weighted by Gasteiger charge is 2.42. The van der Waals surface area contributed by atoms with Crippen molar-refractivity contribution in [1.29, 1.82) is 0 Å². The predicted molar refractivity (Wildman–Crippen MR) is 96.3 cm³/mol. The van der Waals surface area contributed by atoms with E-state index in [0.29, 0.717) is 16.7 Å². The van der Waals surface area contributed by atoms with E-state index in [-0.39, 0.29) is 5.69 Å². The van der Waals surface area contributed by atoms with Gasteiger partial charge in [0.15, 0.2) is 5.69 Å². The van der Waals surface area contributed by atoms with Crippen molar-refractivity contribution in [3.8, 4) is 0 Å². The number of aliphatic hydroxyl groups is 1. The summed E-state index contributed by atoms with van der Waals surface area (Å²) in [5, 5.41) is 16.2. The second kappa shape index (κ2) is 8.30. The van der Waals surface area contributed by atoms with Gasteiger partial charge in [-0.05, 0) is 19.4 Å². The molecule has 1 aromatic carbocycles. The van der Waals surface area contributed by atoms with Gasteiger partial charge >= 0.3 is 6.18 Å². The molecular weight excluding hydrogens is 378 g/mol. The van der Waals surface area contributed by atoms with Crippen LogP contribution in [0.25, 0.3) is 0 Å². The van der Waals surface area contributed by atoms with Crippen LogP contribution in [0.1, 0.15) is 61.1 Å². The highest BCUT2D eigenvalue weighted by atomic mass is 19.4. The SMILES string of the molecule is CCCCCC(C)(O)c1ccccc1NC(=O)c1c(C(F)(F)F)nn(C)c1F. The lowest BCUT2D eigenvalue weighted by molar-refractivity contribution is -0.141. The predicted octanol–water partition coefficient (Wildman–Crippen LogP) is 4.62. The summed E-state index contributed by atoms with van der Waals surface area (Å²) in [5.41, 5.74) is -3.63. The largest absolute Gasteiger partial charge is 0.436 e. The average Bonchev–Trinajstić information content (AvgIpc) is 2.91. The van der Waals surface area contributed by atoms with E-state index in [1.54, 1.807) is 25.1 Å². The van der Waals surface area contributed by atoms with E-state index in [9.17, 15) is 27.5 Å². The van der Waals surface area contributed by atoms with Gasteiger partial charge in [0, 0.05) is 18.3 Å². The second-order valence-electron chi connectivity index (χ2n) is 6.87. The molecule has 1 amide bonds. The minimum atomic E-state index is -4.99. The fourth-order valence-electron chi connectivity index (χ4n) is 3.00. The lowest BCUT2D eigenvalue weighted by Gasteiger charge is -2.26. The number of anilines is 1. The third-order valence-corrected chi connectivity index (χ3v) is 4.50. The molecule has 1 atom stereocenters. The van der Waals surface area contributed by atoms with Gasteiger partial charge in [0.25, 0.3) is 5.91 Å². The fraction of sp³-hybridized carbons (Fsp3) is 0.474. The van der Waals surface area contributed by atoms with Crippen molar-refractivity contribution >= 4 is 11.6 Å². The first-order valence-corrected chi connectivity index (χ1v) is 8.92. The molecule has 9 heteroatoms. The van der Waals surface area contributed by atoms with Crippen molar-refractivity contribution in [2.45, 2.75) is 51.3 Å². The van der Waals surface area contributed by atoms with Gasteiger partial charge < -0.3 is 10.4 Å². The summed E-state index contributed by atoms with van der Waals surface area (Å²) < 4.78 is 53.9. The highest BCUT2D eigenvalue weighted by Crippen LogP contribution is 2.35. The lowest BCUT2D eigenvalue weighted by atomic mass is 9.89. The molecule has 5 nitrogen and oxygen atoms in total. The van der Waals surface area contributed by atoms with E-state index in [1.807, 2.05) is 6.92 Å². The number of halogens is 4. The maximum atomic E-state index is 14.1. The number of carbonyl (C=O) groups is 1. The van der Waals surface area contributed by atoms with Crippen molar-refractivity contribution in [2.24, 2.45) is 7.05 Å². The van der Waals surface area contributed by atoms with Gasteiger partial charge in [-0.15, -0.1) is 0 Å². The minimum Gasteiger partial charge on any atom is -0.385 e. The molecule has 1 unspecified atom stereocenters. The standard InChI is InChI=1S/C19H23F4N3O2/c1-4-5-8-11-18(2,28)12-9-6-7-10-13(12)24-17(27)14-15(19(21,22)23)25-26(3)16(14)20/h6-7,9-10,28H,4-5,8,11H2,1-3H3,(H,24,27). The zero-order valence-corrected chi connectivity index (χ0v) is 15.9. The molecule has 0 saturated carbocycles. The number of carbonyl (C=O) groups excluding carboxylic acids is 1. The van der Waals surface area contributed by atoms with Crippen LogP contribution in [0.2, 0.25) is 0 Å². The number of unbranched alkanes of at least 4 members (excludes halogenated alkanes) is 2. The minimum absolute atomic E-state index is 0.116. The summed E-state index contributed by atoms with van der Waals surface area (Å²) in [6.45, 7) is 3.59. The van der Waals surface area contributed by atoms with Crippen LogP contribution >= 0.6 is 0 Å². The summed E-state index contributed by atoms with van der Waals surface area (Å²) in [6, 6.07) is 6.23. The number of nitrogens with zero attached hydrogens (tertiary/aromatic N) is 2. The Morgan fingerprint density at radius 2 is 1.89 bits per heavy atom. The Balaban J connectivity index is 2.37.